The predicted molar refractivity (Wildman–Crippen MR) is 96.1 cm³/mol. The van der Waals surface area contributed by atoms with Gasteiger partial charge in [0.2, 0.25) is 5.91 Å². The Balaban J connectivity index is 1.43. The lowest BCUT2D eigenvalue weighted by Gasteiger charge is -2.35. The van der Waals surface area contributed by atoms with Crippen molar-refractivity contribution < 1.29 is 9.21 Å². The molecule has 3 heterocycles. The van der Waals surface area contributed by atoms with Crippen molar-refractivity contribution in [1.29, 1.82) is 0 Å². The van der Waals surface area contributed by atoms with Gasteiger partial charge in [0.1, 0.15) is 5.76 Å². The molecule has 0 aliphatic carbocycles. The molecule has 1 aromatic carbocycles. The average Bonchev–Trinajstić information content (AvgIpc) is 3.19. The molecular formula is C19H18N4O2. The zero-order chi connectivity index (χ0) is 17.1. The number of fused-ring (bicyclic) bond motifs is 1. The highest BCUT2D eigenvalue weighted by atomic mass is 16.3. The number of furan rings is 1. The van der Waals surface area contributed by atoms with Crippen molar-refractivity contribution in [2.45, 2.75) is 0 Å². The van der Waals surface area contributed by atoms with E-state index in [1.54, 1.807) is 30.7 Å². The number of aromatic nitrogens is 2. The number of amides is 1. The van der Waals surface area contributed by atoms with Crippen molar-refractivity contribution in [3.8, 4) is 0 Å². The van der Waals surface area contributed by atoms with E-state index in [1.165, 1.54) is 0 Å². The first-order valence-corrected chi connectivity index (χ1v) is 8.27. The maximum Gasteiger partial charge on any atom is 0.246 e. The summed E-state index contributed by atoms with van der Waals surface area (Å²) in [5.74, 6) is 1.56. The predicted octanol–water partition coefficient (Wildman–Crippen LogP) is 2.58. The smallest absolute Gasteiger partial charge is 0.246 e. The van der Waals surface area contributed by atoms with Crippen molar-refractivity contribution >= 4 is 28.6 Å². The number of rotatable bonds is 3. The Hall–Kier alpha value is -3.15. The molecule has 1 fully saturated rings. The lowest BCUT2D eigenvalue weighted by molar-refractivity contribution is -0.126. The number of carbonyl (C=O) groups excluding carboxylic acids is 1. The van der Waals surface area contributed by atoms with E-state index in [0.717, 1.165) is 29.7 Å². The summed E-state index contributed by atoms with van der Waals surface area (Å²) in [7, 11) is 0. The van der Waals surface area contributed by atoms with E-state index in [-0.39, 0.29) is 5.91 Å². The number of carbonyl (C=O) groups is 1. The molecule has 1 aliphatic rings. The van der Waals surface area contributed by atoms with Gasteiger partial charge in [-0.05, 0) is 18.2 Å². The number of benzene rings is 1. The lowest BCUT2D eigenvalue weighted by Crippen LogP contribution is -2.48. The summed E-state index contributed by atoms with van der Waals surface area (Å²) in [6, 6.07) is 11.7. The van der Waals surface area contributed by atoms with Crippen LogP contribution in [0.2, 0.25) is 0 Å². The van der Waals surface area contributed by atoms with Gasteiger partial charge in [0.05, 0.1) is 12.5 Å². The third-order valence-electron chi connectivity index (χ3n) is 4.38. The Bertz CT molecular complexity index is 891. The third-order valence-corrected chi connectivity index (χ3v) is 4.38. The molecule has 0 radical (unpaired) electrons. The highest BCUT2D eigenvalue weighted by Crippen LogP contribution is 2.24. The number of hydrogen-bond donors (Lipinski definition) is 0. The number of nitrogens with zero attached hydrogens (tertiary/aromatic N) is 4. The molecule has 126 valence electrons. The van der Waals surface area contributed by atoms with Crippen LogP contribution in [0.1, 0.15) is 5.76 Å². The quantitative estimate of drug-likeness (QED) is 0.689. The SMILES string of the molecule is O=C(/C=C/c1ccco1)N1CCN(c2nncc3ccccc23)CC1. The van der Waals surface area contributed by atoms with Gasteiger partial charge in [0, 0.05) is 43.0 Å². The number of anilines is 1. The van der Waals surface area contributed by atoms with Gasteiger partial charge < -0.3 is 14.2 Å². The summed E-state index contributed by atoms with van der Waals surface area (Å²) in [6.45, 7) is 2.80. The number of hydrogen-bond acceptors (Lipinski definition) is 5. The van der Waals surface area contributed by atoms with Crippen molar-refractivity contribution in [3.63, 3.8) is 0 Å². The van der Waals surface area contributed by atoms with Crippen LogP contribution >= 0.6 is 0 Å². The molecule has 6 nitrogen and oxygen atoms in total. The van der Waals surface area contributed by atoms with E-state index in [2.05, 4.69) is 21.2 Å². The van der Waals surface area contributed by atoms with E-state index < -0.39 is 0 Å². The fourth-order valence-electron chi connectivity index (χ4n) is 3.03. The van der Waals surface area contributed by atoms with Gasteiger partial charge in [-0.25, -0.2) is 0 Å². The highest BCUT2D eigenvalue weighted by Gasteiger charge is 2.22. The summed E-state index contributed by atoms with van der Waals surface area (Å²) < 4.78 is 5.21. The summed E-state index contributed by atoms with van der Waals surface area (Å²) in [6.07, 6.45) is 6.63. The second kappa shape index (κ2) is 6.76. The summed E-state index contributed by atoms with van der Waals surface area (Å²) in [5.41, 5.74) is 0. The Morgan fingerprint density at radius 1 is 1.08 bits per heavy atom. The van der Waals surface area contributed by atoms with Crippen LogP contribution in [-0.4, -0.2) is 47.2 Å². The maximum atomic E-state index is 12.3. The molecule has 3 aromatic rings. The third kappa shape index (κ3) is 3.24. The monoisotopic (exact) mass is 334 g/mol. The van der Waals surface area contributed by atoms with Crippen LogP contribution in [0.5, 0.6) is 0 Å². The first kappa shape index (κ1) is 15.4. The van der Waals surface area contributed by atoms with Crippen molar-refractivity contribution in [2.75, 3.05) is 31.1 Å². The second-order valence-electron chi connectivity index (χ2n) is 5.92. The second-order valence-corrected chi connectivity index (χ2v) is 5.92. The van der Waals surface area contributed by atoms with Crippen LogP contribution in [0.15, 0.2) is 59.4 Å². The molecule has 1 amide bonds. The molecular weight excluding hydrogens is 316 g/mol. The van der Waals surface area contributed by atoms with Crippen LogP contribution in [0.4, 0.5) is 5.82 Å². The average molecular weight is 334 g/mol. The van der Waals surface area contributed by atoms with Crippen molar-refractivity contribution in [3.05, 3.63) is 60.7 Å². The van der Waals surface area contributed by atoms with E-state index in [9.17, 15) is 4.79 Å². The molecule has 1 aliphatic heterocycles. The van der Waals surface area contributed by atoms with Gasteiger partial charge in [-0.15, -0.1) is 5.10 Å². The highest BCUT2D eigenvalue weighted by molar-refractivity contribution is 5.93. The van der Waals surface area contributed by atoms with E-state index in [1.807, 2.05) is 29.2 Å². The Kier molecular flexibility index (Phi) is 4.16. The van der Waals surface area contributed by atoms with Crippen molar-refractivity contribution in [2.24, 2.45) is 0 Å². The summed E-state index contributed by atoms with van der Waals surface area (Å²) in [5, 5.41) is 10.6. The normalized spacial score (nSPS) is 15.2. The zero-order valence-corrected chi connectivity index (χ0v) is 13.7. The molecule has 0 atom stereocenters. The molecule has 0 saturated carbocycles. The molecule has 4 rings (SSSR count). The summed E-state index contributed by atoms with van der Waals surface area (Å²) >= 11 is 0. The molecule has 0 spiro atoms. The molecule has 1 saturated heterocycles. The minimum atomic E-state index is 0.0000499. The van der Waals surface area contributed by atoms with Crippen LogP contribution in [0.3, 0.4) is 0 Å². The largest absolute Gasteiger partial charge is 0.465 e. The molecule has 0 N–H and O–H groups in total. The Morgan fingerprint density at radius 3 is 2.72 bits per heavy atom. The van der Waals surface area contributed by atoms with Gasteiger partial charge >= 0.3 is 0 Å². The summed E-state index contributed by atoms with van der Waals surface area (Å²) in [4.78, 5) is 16.3. The zero-order valence-electron chi connectivity index (χ0n) is 13.7. The molecule has 0 bridgehead atoms. The molecule has 6 heteroatoms. The van der Waals surface area contributed by atoms with Crippen LogP contribution in [0.25, 0.3) is 16.8 Å². The van der Waals surface area contributed by atoms with Crippen LogP contribution < -0.4 is 4.90 Å². The Morgan fingerprint density at radius 2 is 1.92 bits per heavy atom. The fourth-order valence-corrected chi connectivity index (χ4v) is 3.03. The minimum Gasteiger partial charge on any atom is -0.465 e. The standard InChI is InChI=1S/C19H18N4O2/c24-18(8-7-16-5-3-13-25-16)22-9-11-23(12-10-22)19-17-6-2-1-4-15(17)14-20-21-19/h1-8,13-14H,9-12H2/b8-7+. The lowest BCUT2D eigenvalue weighted by atomic mass is 10.1. The molecule has 25 heavy (non-hydrogen) atoms. The van der Waals surface area contributed by atoms with E-state index in [4.69, 9.17) is 4.42 Å². The van der Waals surface area contributed by atoms with Gasteiger partial charge in [-0.1, -0.05) is 24.3 Å². The fraction of sp³-hybridized carbons (Fsp3) is 0.211. The Labute approximate surface area is 145 Å². The van der Waals surface area contributed by atoms with Crippen LogP contribution in [-0.2, 0) is 4.79 Å². The number of piperazine rings is 1. The van der Waals surface area contributed by atoms with Gasteiger partial charge in [-0.2, -0.15) is 5.10 Å². The van der Waals surface area contributed by atoms with E-state index >= 15 is 0 Å². The topological polar surface area (TPSA) is 62.5 Å². The molecule has 0 unspecified atom stereocenters. The minimum absolute atomic E-state index is 0.0000499. The van der Waals surface area contributed by atoms with Crippen molar-refractivity contribution in [1.82, 2.24) is 15.1 Å². The van der Waals surface area contributed by atoms with Crippen LogP contribution in [0, 0.1) is 0 Å². The maximum absolute atomic E-state index is 12.3. The van der Waals surface area contributed by atoms with Gasteiger partial charge in [0.15, 0.2) is 5.82 Å². The van der Waals surface area contributed by atoms with Gasteiger partial charge in [0.25, 0.3) is 0 Å². The first-order chi connectivity index (χ1) is 12.3. The molecule has 2 aromatic heterocycles. The first-order valence-electron chi connectivity index (χ1n) is 8.27. The van der Waals surface area contributed by atoms with Gasteiger partial charge in [-0.3, -0.25) is 4.79 Å². The van der Waals surface area contributed by atoms with E-state index in [0.29, 0.717) is 18.8 Å².